The van der Waals surface area contributed by atoms with Gasteiger partial charge >= 0.3 is 0 Å². The summed E-state index contributed by atoms with van der Waals surface area (Å²) < 4.78 is 5.07. The van der Waals surface area contributed by atoms with Gasteiger partial charge in [0.15, 0.2) is 11.5 Å². The number of aromatic hydroxyl groups is 1. The zero-order valence-electron chi connectivity index (χ0n) is 11.0. The summed E-state index contributed by atoms with van der Waals surface area (Å²) >= 11 is 0. The molecule has 1 heterocycles. The van der Waals surface area contributed by atoms with Crippen LogP contribution in [0.15, 0.2) is 42.6 Å². The van der Waals surface area contributed by atoms with Gasteiger partial charge in [0.2, 0.25) is 0 Å². The van der Waals surface area contributed by atoms with Crippen molar-refractivity contribution in [3.63, 3.8) is 0 Å². The molecule has 1 aromatic carbocycles. The number of phenolic OH excluding ortho intramolecular Hbond substituents is 1. The highest BCUT2D eigenvalue weighted by atomic mass is 16.5. The molecule has 0 radical (unpaired) electrons. The molecule has 1 aromatic heterocycles. The number of nitrogens with one attached hydrogen (secondary N) is 1. The van der Waals surface area contributed by atoms with Gasteiger partial charge in [0, 0.05) is 31.4 Å². The summed E-state index contributed by atoms with van der Waals surface area (Å²) in [6.45, 7) is 1.60. The molecule has 0 atom stereocenters. The lowest BCUT2D eigenvalue weighted by molar-refractivity contribution is 0.373. The molecular weight excluding hydrogens is 240 g/mol. The summed E-state index contributed by atoms with van der Waals surface area (Å²) in [7, 11) is 1.55. The summed E-state index contributed by atoms with van der Waals surface area (Å²) in [5, 5.41) is 12.8. The van der Waals surface area contributed by atoms with Crippen LogP contribution in [-0.2, 0) is 13.0 Å². The lowest BCUT2D eigenvalue weighted by atomic mass is 10.2. The number of hydrogen-bond acceptors (Lipinski definition) is 4. The van der Waals surface area contributed by atoms with Crippen LogP contribution in [-0.4, -0.2) is 23.7 Å². The largest absolute Gasteiger partial charge is 0.504 e. The lowest BCUT2D eigenvalue weighted by Crippen LogP contribution is -2.17. The molecule has 0 bridgehead atoms. The predicted octanol–water partition coefficient (Wildman–Crippen LogP) is 2.13. The first kappa shape index (κ1) is 13.4. The Morgan fingerprint density at radius 1 is 1.26 bits per heavy atom. The van der Waals surface area contributed by atoms with E-state index in [1.54, 1.807) is 19.4 Å². The van der Waals surface area contributed by atoms with Crippen molar-refractivity contribution in [2.45, 2.75) is 13.0 Å². The third-order valence-electron chi connectivity index (χ3n) is 2.86. The van der Waals surface area contributed by atoms with E-state index in [2.05, 4.69) is 10.3 Å². The molecule has 0 aliphatic rings. The van der Waals surface area contributed by atoms with E-state index in [4.69, 9.17) is 4.74 Å². The number of benzene rings is 1. The predicted molar refractivity (Wildman–Crippen MR) is 74.3 cm³/mol. The van der Waals surface area contributed by atoms with Gasteiger partial charge in [-0.3, -0.25) is 4.98 Å². The molecule has 100 valence electrons. The zero-order chi connectivity index (χ0) is 13.5. The first-order valence-corrected chi connectivity index (χ1v) is 6.26. The van der Waals surface area contributed by atoms with E-state index in [1.165, 1.54) is 0 Å². The average molecular weight is 258 g/mol. The van der Waals surface area contributed by atoms with Gasteiger partial charge in [-0.1, -0.05) is 12.1 Å². The Labute approximate surface area is 113 Å². The number of methoxy groups -OCH3 is 1. The van der Waals surface area contributed by atoms with Crippen LogP contribution in [0.5, 0.6) is 11.5 Å². The Morgan fingerprint density at radius 3 is 2.89 bits per heavy atom. The summed E-state index contributed by atoms with van der Waals surface area (Å²) in [5.41, 5.74) is 2.16. The second-order valence-electron chi connectivity index (χ2n) is 4.25. The Hall–Kier alpha value is -2.07. The molecule has 0 saturated carbocycles. The highest BCUT2D eigenvalue weighted by molar-refractivity contribution is 5.41. The minimum Gasteiger partial charge on any atom is -0.504 e. The maximum atomic E-state index is 9.50. The molecule has 0 aliphatic heterocycles. The lowest BCUT2D eigenvalue weighted by Gasteiger charge is -2.08. The van der Waals surface area contributed by atoms with Gasteiger partial charge in [-0.25, -0.2) is 0 Å². The van der Waals surface area contributed by atoms with Gasteiger partial charge < -0.3 is 15.2 Å². The Bertz CT molecular complexity index is 515. The molecule has 0 saturated heterocycles. The van der Waals surface area contributed by atoms with Crippen LogP contribution in [0, 0.1) is 0 Å². The topological polar surface area (TPSA) is 54.4 Å². The molecule has 0 amide bonds. The highest BCUT2D eigenvalue weighted by Crippen LogP contribution is 2.25. The zero-order valence-corrected chi connectivity index (χ0v) is 11.0. The molecule has 2 N–H and O–H groups in total. The monoisotopic (exact) mass is 258 g/mol. The highest BCUT2D eigenvalue weighted by Gasteiger charge is 2.02. The van der Waals surface area contributed by atoms with Crippen molar-refractivity contribution in [3.8, 4) is 11.5 Å². The van der Waals surface area contributed by atoms with Gasteiger partial charge in [-0.15, -0.1) is 0 Å². The molecule has 0 aliphatic carbocycles. The molecule has 0 spiro atoms. The molecular formula is C15H18N2O2. The second kappa shape index (κ2) is 6.75. The van der Waals surface area contributed by atoms with E-state index < -0.39 is 0 Å². The van der Waals surface area contributed by atoms with E-state index >= 15 is 0 Å². The summed E-state index contributed by atoms with van der Waals surface area (Å²) in [6.07, 6.45) is 2.70. The SMILES string of the molecule is COc1cc(CNCCc2ccccn2)ccc1O. The first-order valence-electron chi connectivity index (χ1n) is 6.26. The van der Waals surface area contributed by atoms with Crippen molar-refractivity contribution in [1.29, 1.82) is 0 Å². The number of phenols is 1. The van der Waals surface area contributed by atoms with Crippen LogP contribution >= 0.6 is 0 Å². The molecule has 0 unspecified atom stereocenters. The van der Waals surface area contributed by atoms with E-state index in [-0.39, 0.29) is 5.75 Å². The van der Waals surface area contributed by atoms with Crippen LogP contribution in [0.2, 0.25) is 0 Å². The first-order chi connectivity index (χ1) is 9.29. The third-order valence-corrected chi connectivity index (χ3v) is 2.86. The number of nitrogens with zero attached hydrogens (tertiary/aromatic N) is 1. The van der Waals surface area contributed by atoms with Gasteiger partial charge in [0.25, 0.3) is 0 Å². The van der Waals surface area contributed by atoms with Crippen LogP contribution < -0.4 is 10.1 Å². The van der Waals surface area contributed by atoms with Crippen molar-refractivity contribution in [2.75, 3.05) is 13.7 Å². The summed E-state index contributed by atoms with van der Waals surface area (Å²) in [5.74, 6) is 0.670. The van der Waals surface area contributed by atoms with Crippen molar-refractivity contribution < 1.29 is 9.84 Å². The fourth-order valence-electron chi connectivity index (χ4n) is 1.83. The maximum absolute atomic E-state index is 9.50. The second-order valence-corrected chi connectivity index (χ2v) is 4.25. The number of hydrogen-bond donors (Lipinski definition) is 2. The van der Waals surface area contributed by atoms with Gasteiger partial charge in [0.05, 0.1) is 7.11 Å². The number of aromatic nitrogens is 1. The Balaban J connectivity index is 1.80. The molecule has 19 heavy (non-hydrogen) atoms. The Kier molecular flexibility index (Phi) is 4.75. The van der Waals surface area contributed by atoms with Crippen LogP contribution in [0.1, 0.15) is 11.3 Å². The average Bonchev–Trinajstić information content (AvgIpc) is 2.46. The minimum atomic E-state index is 0.166. The normalized spacial score (nSPS) is 10.4. The Morgan fingerprint density at radius 2 is 2.16 bits per heavy atom. The van der Waals surface area contributed by atoms with Crippen LogP contribution in [0.4, 0.5) is 0 Å². The van der Waals surface area contributed by atoms with Gasteiger partial charge in [-0.2, -0.15) is 0 Å². The molecule has 4 heteroatoms. The van der Waals surface area contributed by atoms with Gasteiger partial charge in [0.1, 0.15) is 0 Å². The van der Waals surface area contributed by atoms with Crippen LogP contribution in [0.3, 0.4) is 0 Å². The quantitative estimate of drug-likeness (QED) is 0.779. The molecule has 2 rings (SSSR count). The molecule has 2 aromatic rings. The standard InChI is InChI=1S/C15H18N2O2/c1-19-15-10-12(5-6-14(15)18)11-16-9-7-13-4-2-3-8-17-13/h2-6,8,10,16,18H,7,9,11H2,1H3. The van der Waals surface area contributed by atoms with Crippen LogP contribution in [0.25, 0.3) is 0 Å². The van der Waals surface area contributed by atoms with E-state index in [9.17, 15) is 5.11 Å². The minimum absolute atomic E-state index is 0.166. The third kappa shape index (κ3) is 3.96. The van der Waals surface area contributed by atoms with E-state index in [0.29, 0.717) is 5.75 Å². The number of pyridine rings is 1. The van der Waals surface area contributed by atoms with Crippen molar-refractivity contribution in [3.05, 3.63) is 53.9 Å². The number of ether oxygens (including phenoxy) is 1. The van der Waals surface area contributed by atoms with E-state index in [1.807, 2.05) is 30.3 Å². The summed E-state index contributed by atoms with van der Waals surface area (Å²) in [6, 6.07) is 11.3. The molecule has 0 fully saturated rings. The number of rotatable bonds is 6. The fourth-order valence-corrected chi connectivity index (χ4v) is 1.83. The maximum Gasteiger partial charge on any atom is 0.160 e. The smallest absolute Gasteiger partial charge is 0.160 e. The van der Waals surface area contributed by atoms with Crippen molar-refractivity contribution >= 4 is 0 Å². The summed E-state index contributed by atoms with van der Waals surface area (Å²) in [4.78, 5) is 4.27. The fraction of sp³-hybridized carbons (Fsp3) is 0.267. The molecule has 4 nitrogen and oxygen atoms in total. The van der Waals surface area contributed by atoms with Gasteiger partial charge in [-0.05, 0) is 29.8 Å². The van der Waals surface area contributed by atoms with Crippen molar-refractivity contribution in [1.82, 2.24) is 10.3 Å². The van der Waals surface area contributed by atoms with E-state index in [0.717, 1.165) is 30.8 Å². The van der Waals surface area contributed by atoms with Crippen molar-refractivity contribution in [2.24, 2.45) is 0 Å².